The molecule has 3 aromatic carbocycles. The highest BCUT2D eigenvalue weighted by Crippen LogP contribution is 2.34. The number of aromatic nitrogens is 1. The summed E-state index contributed by atoms with van der Waals surface area (Å²) in [5.41, 5.74) is 1.27. The van der Waals surface area contributed by atoms with Crippen molar-refractivity contribution in [3.8, 4) is 11.3 Å². The predicted octanol–water partition coefficient (Wildman–Crippen LogP) is 5.19. The van der Waals surface area contributed by atoms with Crippen molar-refractivity contribution in [2.24, 2.45) is 0 Å². The molecule has 0 radical (unpaired) electrons. The van der Waals surface area contributed by atoms with Crippen molar-refractivity contribution in [2.75, 3.05) is 0 Å². The van der Waals surface area contributed by atoms with Crippen LogP contribution in [0.4, 0.5) is 4.39 Å². The van der Waals surface area contributed by atoms with E-state index in [-0.39, 0.29) is 5.82 Å². The van der Waals surface area contributed by atoms with E-state index < -0.39 is 0 Å². The number of pyridine rings is 1. The molecule has 4 rings (SSSR count). The summed E-state index contributed by atoms with van der Waals surface area (Å²) in [5, 5.41) is 3.94. The number of benzene rings is 3. The van der Waals surface area contributed by atoms with Gasteiger partial charge in [-0.1, -0.05) is 54.6 Å². The topological polar surface area (TPSA) is 12.9 Å². The summed E-state index contributed by atoms with van der Waals surface area (Å²) in [7, 11) is 0. The van der Waals surface area contributed by atoms with E-state index in [0.29, 0.717) is 11.3 Å². The molecule has 4 aromatic rings. The number of hydrogen-bond acceptors (Lipinski definition) is 1. The van der Waals surface area contributed by atoms with E-state index in [4.69, 9.17) is 0 Å². The first-order chi connectivity index (χ1) is 10.3. The predicted molar refractivity (Wildman–Crippen MR) is 84.6 cm³/mol. The Labute approximate surface area is 121 Å². The lowest BCUT2D eigenvalue weighted by molar-refractivity contribution is 0.632. The fourth-order valence-corrected chi connectivity index (χ4v) is 2.80. The Balaban J connectivity index is 2.16. The quantitative estimate of drug-likeness (QED) is 0.465. The van der Waals surface area contributed by atoms with Crippen LogP contribution in [0, 0.1) is 5.82 Å². The van der Waals surface area contributed by atoms with Crippen LogP contribution in [0.25, 0.3) is 32.8 Å². The molecule has 1 nitrogen and oxygen atoms in total. The molecule has 100 valence electrons. The maximum absolute atomic E-state index is 14.5. The van der Waals surface area contributed by atoms with Crippen molar-refractivity contribution >= 4 is 21.5 Å². The smallest absolute Gasteiger partial charge is 0.133 e. The Bertz CT molecular complexity index is 954. The van der Waals surface area contributed by atoms with Gasteiger partial charge in [0.2, 0.25) is 0 Å². The molecule has 21 heavy (non-hydrogen) atoms. The molecule has 0 atom stereocenters. The minimum atomic E-state index is -0.238. The average molecular weight is 273 g/mol. The lowest BCUT2D eigenvalue weighted by atomic mass is 9.98. The molecule has 2 heteroatoms. The molecule has 0 bridgehead atoms. The Morgan fingerprint density at radius 1 is 0.667 bits per heavy atom. The second-order valence-corrected chi connectivity index (χ2v) is 5.02. The van der Waals surface area contributed by atoms with Crippen LogP contribution in [0.3, 0.4) is 0 Å². The SMILES string of the molecule is Fc1ccc2ccccc2c1-c1nccc2ccccc12. The highest BCUT2D eigenvalue weighted by molar-refractivity contribution is 6.03. The number of fused-ring (bicyclic) bond motifs is 2. The molecule has 0 amide bonds. The summed E-state index contributed by atoms with van der Waals surface area (Å²) in [6.07, 6.45) is 1.74. The maximum atomic E-state index is 14.5. The van der Waals surface area contributed by atoms with Gasteiger partial charge in [0, 0.05) is 17.1 Å². The molecule has 0 N–H and O–H groups in total. The molecule has 0 aliphatic heterocycles. The van der Waals surface area contributed by atoms with Gasteiger partial charge in [-0.05, 0) is 28.3 Å². The third-order valence-electron chi connectivity index (χ3n) is 3.79. The molecule has 0 aliphatic rings. The maximum Gasteiger partial charge on any atom is 0.133 e. The van der Waals surface area contributed by atoms with Gasteiger partial charge in [-0.15, -0.1) is 0 Å². The summed E-state index contributed by atoms with van der Waals surface area (Å²) in [5.74, 6) is -0.238. The van der Waals surface area contributed by atoms with Gasteiger partial charge in [-0.25, -0.2) is 4.39 Å². The third kappa shape index (κ3) is 1.88. The normalized spacial score (nSPS) is 11.1. The Morgan fingerprint density at radius 3 is 2.14 bits per heavy atom. The fourth-order valence-electron chi connectivity index (χ4n) is 2.80. The van der Waals surface area contributed by atoms with Gasteiger partial charge in [0.25, 0.3) is 0 Å². The average Bonchev–Trinajstić information content (AvgIpc) is 2.54. The molecular weight excluding hydrogens is 261 g/mol. The highest BCUT2D eigenvalue weighted by Gasteiger charge is 2.13. The Morgan fingerprint density at radius 2 is 1.33 bits per heavy atom. The molecule has 0 aliphatic carbocycles. The molecule has 0 unspecified atom stereocenters. The van der Waals surface area contributed by atoms with Crippen LogP contribution in [-0.4, -0.2) is 4.98 Å². The zero-order chi connectivity index (χ0) is 14.2. The van der Waals surface area contributed by atoms with Gasteiger partial charge in [0.1, 0.15) is 5.82 Å². The molecule has 0 spiro atoms. The van der Waals surface area contributed by atoms with Gasteiger partial charge >= 0.3 is 0 Å². The zero-order valence-electron chi connectivity index (χ0n) is 11.3. The van der Waals surface area contributed by atoms with E-state index in [1.54, 1.807) is 12.3 Å². The van der Waals surface area contributed by atoms with Gasteiger partial charge < -0.3 is 0 Å². The Kier molecular flexibility index (Phi) is 2.68. The standard InChI is InChI=1S/C19H12FN/c20-17-10-9-13-5-1-3-7-15(13)18(17)19-16-8-4-2-6-14(16)11-12-21-19/h1-12H. The first-order valence-corrected chi connectivity index (χ1v) is 6.86. The first kappa shape index (κ1) is 12.0. The summed E-state index contributed by atoms with van der Waals surface area (Å²) >= 11 is 0. The zero-order valence-corrected chi connectivity index (χ0v) is 11.3. The van der Waals surface area contributed by atoms with Crippen LogP contribution in [-0.2, 0) is 0 Å². The number of halogens is 1. The van der Waals surface area contributed by atoms with Crippen molar-refractivity contribution in [1.82, 2.24) is 4.98 Å². The van der Waals surface area contributed by atoms with Crippen LogP contribution in [0.5, 0.6) is 0 Å². The number of nitrogens with zero attached hydrogens (tertiary/aromatic N) is 1. The number of rotatable bonds is 1. The molecular formula is C19H12FN. The monoisotopic (exact) mass is 273 g/mol. The first-order valence-electron chi connectivity index (χ1n) is 6.86. The van der Waals surface area contributed by atoms with Crippen LogP contribution < -0.4 is 0 Å². The van der Waals surface area contributed by atoms with Gasteiger partial charge in [-0.2, -0.15) is 0 Å². The Hall–Kier alpha value is -2.74. The van der Waals surface area contributed by atoms with Crippen LogP contribution in [0.15, 0.2) is 72.9 Å². The molecule has 1 heterocycles. The number of hydrogen-bond donors (Lipinski definition) is 0. The van der Waals surface area contributed by atoms with Gasteiger partial charge in [0.15, 0.2) is 0 Å². The second-order valence-electron chi connectivity index (χ2n) is 5.02. The largest absolute Gasteiger partial charge is 0.255 e. The van der Waals surface area contributed by atoms with E-state index >= 15 is 0 Å². The van der Waals surface area contributed by atoms with Gasteiger partial charge in [-0.3, -0.25) is 4.98 Å². The van der Waals surface area contributed by atoms with Gasteiger partial charge in [0.05, 0.1) is 5.69 Å². The highest BCUT2D eigenvalue weighted by atomic mass is 19.1. The van der Waals surface area contributed by atoms with E-state index in [9.17, 15) is 4.39 Å². The summed E-state index contributed by atoms with van der Waals surface area (Å²) in [4.78, 5) is 4.45. The van der Waals surface area contributed by atoms with Crippen LogP contribution in [0.1, 0.15) is 0 Å². The fraction of sp³-hybridized carbons (Fsp3) is 0. The van der Waals surface area contributed by atoms with Crippen LogP contribution >= 0.6 is 0 Å². The summed E-state index contributed by atoms with van der Waals surface area (Å²) in [6.45, 7) is 0. The van der Waals surface area contributed by atoms with Crippen molar-refractivity contribution in [2.45, 2.75) is 0 Å². The summed E-state index contributed by atoms with van der Waals surface area (Å²) in [6, 6.07) is 21.0. The molecule has 0 fully saturated rings. The van der Waals surface area contributed by atoms with E-state index in [1.807, 2.05) is 54.6 Å². The minimum absolute atomic E-state index is 0.238. The third-order valence-corrected chi connectivity index (χ3v) is 3.79. The van der Waals surface area contributed by atoms with Crippen molar-refractivity contribution in [1.29, 1.82) is 0 Å². The molecule has 0 saturated carbocycles. The molecule has 0 saturated heterocycles. The lowest BCUT2D eigenvalue weighted by Gasteiger charge is -2.10. The lowest BCUT2D eigenvalue weighted by Crippen LogP contribution is -1.91. The minimum Gasteiger partial charge on any atom is -0.255 e. The summed E-state index contributed by atoms with van der Waals surface area (Å²) < 4.78 is 14.5. The van der Waals surface area contributed by atoms with E-state index in [2.05, 4.69) is 4.98 Å². The van der Waals surface area contributed by atoms with Crippen LogP contribution in [0.2, 0.25) is 0 Å². The van der Waals surface area contributed by atoms with Crippen molar-refractivity contribution < 1.29 is 4.39 Å². The van der Waals surface area contributed by atoms with E-state index in [0.717, 1.165) is 21.5 Å². The van der Waals surface area contributed by atoms with E-state index in [1.165, 1.54) is 6.07 Å². The second kappa shape index (κ2) is 4.67. The molecule has 1 aromatic heterocycles. The van der Waals surface area contributed by atoms with Crippen molar-refractivity contribution in [3.05, 3.63) is 78.7 Å². The van der Waals surface area contributed by atoms with Crippen molar-refractivity contribution in [3.63, 3.8) is 0 Å².